The van der Waals surface area contributed by atoms with Gasteiger partial charge in [-0.3, -0.25) is 0 Å². The summed E-state index contributed by atoms with van der Waals surface area (Å²) in [4.78, 5) is 15.5. The van der Waals surface area contributed by atoms with E-state index < -0.39 is 11.1 Å². The first-order valence-corrected chi connectivity index (χ1v) is 23.6. The lowest BCUT2D eigenvalue weighted by molar-refractivity contribution is 0.0571. The van der Waals surface area contributed by atoms with Crippen molar-refractivity contribution in [3.63, 3.8) is 0 Å². The Balaban J connectivity index is 1.03. The van der Waals surface area contributed by atoms with Gasteiger partial charge < -0.3 is 41.0 Å². The van der Waals surface area contributed by atoms with Gasteiger partial charge in [0.25, 0.3) is 0 Å². The Morgan fingerprint density at radius 2 is 1.22 bits per heavy atom. The Labute approximate surface area is 374 Å². The van der Waals surface area contributed by atoms with E-state index in [0.717, 1.165) is 128 Å². The number of aromatic nitrogens is 4. The highest BCUT2D eigenvalue weighted by Crippen LogP contribution is 2.49. The zero-order chi connectivity index (χ0) is 44.8. The smallest absolute Gasteiger partial charge is 0.136 e. The Morgan fingerprint density at radius 3 is 1.79 bits per heavy atom. The molecule has 4 aliphatic rings. The molecule has 2 fully saturated rings. The number of fused-ring (bicyclic) bond motifs is 2. The van der Waals surface area contributed by atoms with Crippen molar-refractivity contribution in [1.29, 1.82) is 0 Å². The van der Waals surface area contributed by atoms with Gasteiger partial charge in [0.2, 0.25) is 0 Å². The molecule has 2 aromatic heterocycles. The second-order valence-corrected chi connectivity index (χ2v) is 20.5. The van der Waals surface area contributed by atoms with Gasteiger partial charge in [-0.1, -0.05) is 46.8 Å². The summed E-state index contributed by atoms with van der Waals surface area (Å²) in [5.74, 6) is 4.64. The van der Waals surface area contributed by atoms with Crippen molar-refractivity contribution in [2.24, 2.45) is 28.7 Å². The maximum Gasteiger partial charge on any atom is 0.136 e. The third-order valence-electron chi connectivity index (χ3n) is 15.7. The lowest BCUT2D eigenvalue weighted by Crippen LogP contribution is -2.52. The highest BCUT2D eigenvalue weighted by atomic mass is 19.1. The molecule has 2 aliphatic heterocycles. The van der Waals surface area contributed by atoms with Gasteiger partial charge in [-0.2, -0.15) is 0 Å². The van der Waals surface area contributed by atoms with Crippen LogP contribution in [0.3, 0.4) is 0 Å². The normalized spacial score (nSPS) is 24.7. The molecule has 0 radical (unpaired) electrons. The maximum absolute atomic E-state index is 14.3. The molecule has 12 heteroatoms. The average molecular weight is 863 g/mol. The molecular weight excluding hydrogens is 791 g/mol. The zero-order valence-electron chi connectivity index (χ0n) is 38.8. The number of nitrogens with two attached hydrogens (primary N) is 2. The van der Waals surface area contributed by atoms with E-state index in [4.69, 9.17) is 21.4 Å². The van der Waals surface area contributed by atoms with Gasteiger partial charge >= 0.3 is 0 Å². The van der Waals surface area contributed by atoms with Gasteiger partial charge in [0, 0.05) is 73.9 Å². The second kappa shape index (κ2) is 17.7. The molecule has 63 heavy (non-hydrogen) atoms. The van der Waals surface area contributed by atoms with Crippen molar-refractivity contribution in [1.82, 2.24) is 28.9 Å². The molecule has 340 valence electrons. The molecule has 0 bridgehead atoms. The first kappa shape index (κ1) is 44.9. The molecule has 2 aliphatic carbocycles. The van der Waals surface area contributed by atoms with Gasteiger partial charge in [-0.25, -0.2) is 18.7 Å². The highest BCUT2D eigenvalue weighted by Gasteiger charge is 2.46. The van der Waals surface area contributed by atoms with Crippen LogP contribution in [0.4, 0.5) is 20.4 Å². The molecule has 4 heterocycles. The van der Waals surface area contributed by atoms with E-state index in [-0.39, 0.29) is 23.1 Å². The Hall–Kier alpha value is -4.68. The molecule has 0 spiro atoms. The van der Waals surface area contributed by atoms with Gasteiger partial charge in [0.1, 0.15) is 46.3 Å². The molecule has 8 rings (SSSR count). The standard InChI is InChI=1S/C51H72F2N10/c1-33-11-9-10-12-42(33)57-46-44(37-15-21-40(53)22-16-37)59-48-51(8,63(35(3)32-55)30-28-61(46)48)26-25-49(4,5)38-17-23-41(24-18-38)56-45-43(36-13-19-39(52)20-14-36)58-47-50(6,7)62(34(2)31-54)29-27-60(45)47/h13-16,19-22,33,38,41-42,56-57H,2-3,9-12,17-18,23-32,54-55H2,1,4-8H3. The summed E-state index contributed by atoms with van der Waals surface area (Å²) in [5.41, 5.74) is 17.0. The number of nitrogens with zero attached hydrogens (tertiary/aromatic N) is 6. The second-order valence-electron chi connectivity index (χ2n) is 20.5. The fourth-order valence-electron chi connectivity index (χ4n) is 11.5. The predicted octanol–water partition coefficient (Wildman–Crippen LogP) is 10.2. The minimum Gasteiger partial charge on any atom is -0.367 e. The van der Waals surface area contributed by atoms with Crippen LogP contribution in [0.25, 0.3) is 22.5 Å². The van der Waals surface area contributed by atoms with E-state index in [2.05, 4.69) is 84.3 Å². The minimum atomic E-state index is -0.449. The van der Waals surface area contributed by atoms with Crippen LogP contribution < -0.4 is 22.1 Å². The van der Waals surface area contributed by atoms with E-state index in [1.807, 2.05) is 24.3 Å². The molecule has 3 atom stereocenters. The third kappa shape index (κ3) is 8.54. The minimum absolute atomic E-state index is 0.0604. The quantitative estimate of drug-likeness (QED) is 0.0990. The van der Waals surface area contributed by atoms with Crippen molar-refractivity contribution >= 4 is 11.6 Å². The SMILES string of the molecule is C=C(CN)N1CCn2c(nc(-c3ccc(F)cc3)c2NC2CCC(C(C)(C)CCC3(C)c4nc(-c5ccc(F)cc5)c(NC5CCCCC5C)n4CCN3C(=C)CN)CC2)C1(C)C. The fourth-order valence-corrected chi connectivity index (χ4v) is 11.5. The molecule has 6 N–H and O–H groups in total. The average Bonchev–Trinajstić information content (AvgIpc) is 3.84. The van der Waals surface area contributed by atoms with Crippen molar-refractivity contribution in [2.45, 2.75) is 142 Å². The van der Waals surface area contributed by atoms with E-state index in [0.29, 0.717) is 31.0 Å². The van der Waals surface area contributed by atoms with Gasteiger partial charge in [-0.15, -0.1) is 0 Å². The molecule has 2 saturated carbocycles. The van der Waals surface area contributed by atoms with Gasteiger partial charge in [0.05, 0.1) is 11.1 Å². The molecule has 0 amide bonds. The van der Waals surface area contributed by atoms with Gasteiger partial charge in [0.15, 0.2) is 0 Å². The lowest BCUT2D eigenvalue weighted by Gasteiger charge is -2.49. The van der Waals surface area contributed by atoms with Crippen LogP contribution in [-0.2, 0) is 24.2 Å². The highest BCUT2D eigenvalue weighted by molar-refractivity contribution is 5.74. The van der Waals surface area contributed by atoms with Crippen LogP contribution in [-0.4, -0.2) is 67.2 Å². The van der Waals surface area contributed by atoms with Gasteiger partial charge in [-0.05, 0) is 138 Å². The molecule has 10 nitrogen and oxygen atoms in total. The van der Waals surface area contributed by atoms with Crippen molar-refractivity contribution < 1.29 is 8.78 Å². The van der Waals surface area contributed by atoms with E-state index in [9.17, 15) is 8.78 Å². The zero-order valence-corrected chi connectivity index (χ0v) is 38.8. The van der Waals surface area contributed by atoms with Crippen molar-refractivity contribution in [3.8, 4) is 22.5 Å². The van der Waals surface area contributed by atoms with Crippen LogP contribution in [0, 0.1) is 28.9 Å². The monoisotopic (exact) mass is 863 g/mol. The maximum atomic E-state index is 14.3. The number of halogens is 2. The first-order valence-electron chi connectivity index (χ1n) is 23.6. The summed E-state index contributed by atoms with van der Waals surface area (Å²) in [6, 6.07) is 14.1. The predicted molar refractivity (Wildman–Crippen MR) is 253 cm³/mol. The van der Waals surface area contributed by atoms with E-state index in [1.54, 1.807) is 12.1 Å². The molecule has 2 aromatic carbocycles. The van der Waals surface area contributed by atoms with Crippen LogP contribution in [0.15, 0.2) is 73.1 Å². The van der Waals surface area contributed by atoms with E-state index >= 15 is 0 Å². The summed E-state index contributed by atoms with van der Waals surface area (Å²) < 4.78 is 33.2. The van der Waals surface area contributed by atoms with Crippen LogP contribution in [0.5, 0.6) is 0 Å². The summed E-state index contributed by atoms with van der Waals surface area (Å²) in [7, 11) is 0. The summed E-state index contributed by atoms with van der Waals surface area (Å²) >= 11 is 0. The molecule has 4 aromatic rings. The molecular formula is C51H72F2N10. The molecule has 0 saturated heterocycles. The summed E-state index contributed by atoms with van der Waals surface area (Å²) in [5, 5.41) is 8.00. The number of imidazole rings is 2. The third-order valence-corrected chi connectivity index (χ3v) is 15.7. The van der Waals surface area contributed by atoms with Crippen molar-refractivity contribution in [2.75, 3.05) is 36.8 Å². The summed E-state index contributed by atoms with van der Waals surface area (Å²) in [6.45, 7) is 26.6. The topological polar surface area (TPSA) is 118 Å². The number of benzene rings is 2. The largest absolute Gasteiger partial charge is 0.367 e. The summed E-state index contributed by atoms with van der Waals surface area (Å²) in [6.07, 6.45) is 11.0. The van der Waals surface area contributed by atoms with Crippen LogP contribution in [0.1, 0.15) is 117 Å². The lowest BCUT2D eigenvalue weighted by atomic mass is 9.66. The Kier molecular flexibility index (Phi) is 12.6. The number of anilines is 2. The van der Waals surface area contributed by atoms with Crippen molar-refractivity contribution in [3.05, 3.63) is 96.4 Å². The number of hydrogen-bond donors (Lipinski definition) is 4. The molecule has 3 unspecified atom stereocenters. The number of hydrogen-bond acceptors (Lipinski definition) is 8. The number of rotatable bonds is 14. The fraction of sp³-hybridized carbons (Fsp3) is 0.569. The van der Waals surface area contributed by atoms with Crippen LogP contribution >= 0.6 is 0 Å². The Bertz CT molecular complexity index is 2260. The first-order chi connectivity index (χ1) is 30.0. The number of nitrogens with one attached hydrogen (secondary N) is 2. The van der Waals surface area contributed by atoms with E-state index in [1.165, 1.54) is 31.4 Å². The Morgan fingerprint density at radius 1 is 0.714 bits per heavy atom. The van der Waals surface area contributed by atoms with Crippen LogP contribution in [0.2, 0.25) is 0 Å².